The van der Waals surface area contributed by atoms with Gasteiger partial charge in [-0.2, -0.15) is 0 Å². The molecular formula is C10H19N3O. The summed E-state index contributed by atoms with van der Waals surface area (Å²) in [4.78, 5) is 12.0. The molecule has 2 rings (SSSR count). The molecule has 4 nitrogen and oxygen atoms in total. The summed E-state index contributed by atoms with van der Waals surface area (Å²) in [6.45, 7) is 3.99. The van der Waals surface area contributed by atoms with Crippen molar-refractivity contribution in [2.24, 2.45) is 11.7 Å². The Morgan fingerprint density at radius 2 is 1.93 bits per heavy atom. The third-order valence-electron chi connectivity index (χ3n) is 3.24. The zero-order valence-corrected chi connectivity index (χ0v) is 8.78. The molecule has 14 heavy (non-hydrogen) atoms. The van der Waals surface area contributed by atoms with Gasteiger partial charge in [0.1, 0.15) is 0 Å². The molecule has 2 N–H and O–H groups in total. The zero-order valence-electron chi connectivity index (χ0n) is 8.78. The van der Waals surface area contributed by atoms with E-state index in [4.69, 9.17) is 5.73 Å². The maximum Gasteiger partial charge on any atom is 0.241 e. The summed E-state index contributed by atoms with van der Waals surface area (Å²) in [7, 11) is 0. The molecule has 2 atom stereocenters. The number of fused-ring (bicyclic) bond motifs is 1. The number of hydrogen-bond acceptors (Lipinski definition) is 3. The average molecular weight is 197 g/mol. The number of nitrogens with two attached hydrogens (primary N) is 1. The largest absolute Gasteiger partial charge is 0.310 e. The van der Waals surface area contributed by atoms with Crippen molar-refractivity contribution in [1.29, 1.82) is 0 Å². The van der Waals surface area contributed by atoms with Gasteiger partial charge in [-0.15, -0.1) is 0 Å². The van der Waals surface area contributed by atoms with Crippen LogP contribution < -0.4 is 5.73 Å². The number of amides is 1. The van der Waals surface area contributed by atoms with Crippen LogP contribution in [0.2, 0.25) is 0 Å². The maximum atomic E-state index is 12.0. The molecular weight excluding hydrogens is 178 g/mol. The minimum absolute atomic E-state index is 0.0863. The van der Waals surface area contributed by atoms with Crippen LogP contribution in [0.15, 0.2) is 0 Å². The SMILES string of the molecule is CC1CCCN2CCCC(N)N2C1=O. The van der Waals surface area contributed by atoms with Crippen LogP contribution in [0.1, 0.15) is 32.6 Å². The van der Waals surface area contributed by atoms with Crippen LogP contribution in [0.3, 0.4) is 0 Å². The standard InChI is InChI=1S/C10H19N3O/c1-8-4-2-6-12-7-3-5-9(11)13(12)10(8)14/h8-9H,2-7,11H2,1H3. The minimum Gasteiger partial charge on any atom is -0.310 e. The Bertz CT molecular complexity index is 231. The Balaban J connectivity index is 2.18. The molecule has 0 bridgehead atoms. The fourth-order valence-corrected chi connectivity index (χ4v) is 2.37. The minimum atomic E-state index is -0.0863. The first-order valence-corrected chi connectivity index (χ1v) is 5.53. The van der Waals surface area contributed by atoms with E-state index in [9.17, 15) is 4.79 Å². The number of rotatable bonds is 0. The lowest BCUT2D eigenvalue weighted by atomic mass is 10.1. The lowest BCUT2D eigenvalue weighted by molar-refractivity contribution is -0.162. The van der Waals surface area contributed by atoms with Crippen LogP contribution in [0.4, 0.5) is 0 Å². The Morgan fingerprint density at radius 3 is 2.64 bits per heavy atom. The summed E-state index contributed by atoms with van der Waals surface area (Å²) in [5, 5.41) is 3.95. The van der Waals surface area contributed by atoms with E-state index in [-0.39, 0.29) is 18.0 Å². The summed E-state index contributed by atoms with van der Waals surface area (Å²) in [5.74, 6) is 0.360. The highest BCUT2D eigenvalue weighted by Gasteiger charge is 2.34. The van der Waals surface area contributed by atoms with Gasteiger partial charge in [0.25, 0.3) is 0 Å². The lowest BCUT2D eigenvalue weighted by Crippen LogP contribution is -2.59. The summed E-state index contributed by atoms with van der Waals surface area (Å²) in [6, 6.07) is 0. The highest BCUT2D eigenvalue weighted by Crippen LogP contribution is 2.23. The average Bonchev–Trinajstić information content (AvgIpc) is 2.29. The number of carbonyl (C=O) groups is 1. The molecule has 80 valence electrons. The molecule has 2 heterocycles. The third kappa shape index (κ3) is 1.64. The van der Waals surface area contributed by atoms with Crippen molar-refractivity contribution in [2.45, 2.75) is 38.8 Å². The van der Waals surface area contributed by atoms with Crippen LogP contribution >= 0.6 is 0 Å². The fraction of sp³-hybridized carbons (Fsp3) is 0.900. The van der Waals surface area contributed by atoms with Crippen molar-refractivity contribution in [2.75, 3.05) is 13.1 Å². The van der Waals surface area contributed by atoms with Gasteiger partial charge in [-0.1, -0.05) is 6.92 Å². The van der Waals surface area contributed by atoms with E-state index in [0.717, 1.165) is 38.8 Å². The second-order valence-corrected chi connectivity index (χ2v) is 4.39. The topological polar surface area (TPSA) is 49.6 Å². The molecule has 0 aromatic heterocycles. The van der Waals surface area contributed by atoms with Crippen molar-refractivity contribution in [3.63, 3.8) is 0 Å². The van der Waals surface area contributed by atoms with Gasteiger partial charge in [-0.05, 0) is 25.7 Å². The smallest absolute Gasteiger partial charge is 0.241 e. The van der Waals surface area contributed by atoms with Gasteiger partial charge in [0.05, 0.1) is 6.17 Å². The van der Waals surface area contributed by atoms with Gasteiger partial charge in [0, 0.05) is 19.0 Å². The van der Waals surface area contributed by atoms with Crippen LogP contribution in [-0.4, -0.2) is 35.2 Å². The van der Waals surface area contributed by atoms with Crippen LogP contribution in [0, 0.1) is 5.92 Å². The van der Waals surface area contributed by atoms with Crippen molar-refractivity contribution in [3.8, 4) is 0 Å². The first-order valence-electron chi connectivity index (χ1n) is 5.53. The van der Waals surface area contributed by atoms with Gasteiger partial charge in [-0.3, -0.25) is 9.80 Å². The molecule has 4 heteroatoms. The molecule has 2 aliphatic rings. The fourth-order valence-electron chi connectivity index (χ4n) is 2.37. The second-order valence-electron chi connectivity index (χ2n) is 4.39. The Hall–Kier alpha value is -0.610. The molecule has 0 aliphatic carbocycles. The Labute approximate surface area is 85.0 Å². The monoisotopic (exact) mass is 197 g/mol. The predicted molar refractivity (Wildman–Crippen MR) is 54.0 cm³/mol. The number of carbonyl (C=O) groups excluding carboxylic acids is 1. The van der Waals surface area contributed by atoms with E-state index >= 15 is 0 Å². The van der Waals surface area contributed by atoms with Crippen LogP contribution in [0.5, 0.6) is 0 Å². The van der Waals surface area contributed by atoms with Gasteiger partial charge in [-0.25, -0.2) is 5.01 Å². The zero-order chi connectivity index (χ0) is 10.1. The summed E-state index contributed by atoms with van der Waals surface area (Å²) < 4.78 is 0. The molecule has 2 unspecified atom stereocenters. The Kier molecular flexibility index (Phi) is 2.74. The molecule has 0 spiro atoms. The lowest BCUT2D eigenvalue weighted by Gasteiger charge is -2.42. The normalized spacial score (nSPS) is 35.3. The summed E-state index contributed by atoms with van der Waals surface area (Å²) in [6.07, 6.45) is 4.07. The number of hydrazine groups is 1. The summed E-state index contributed by atoms with van der Waals surface area (Å²) in [5.41, 5.74) is 5.97. The first-order chi connectivity index (χ1) is 6.70. The van der Waals surface area contributed by atoms with Crippen LogP contribution in [-0.2, 0) is 4.79 Å². The maximum absolute atomic E-state index is 12.0. The van der Waals surface area contributed by atoms with E-state index in [1.54, 1.807) is 5.01 Å². The molecule has 0 aromatic carbocycles. The van der Waals surface area contributed by atoms with E-state index in [1.807, 2.05) is 6.92 Å². The van der Waals surface area contributed by atoms with Crippen molar-refractivity contribution >= 4 is 5.91 Å². The molecule has 0 aromatic rings. The molecule has 2 aliphatic heterocycles. The summed E-state index contributed by atoms with van der Waals surface area (Å²) >= 11 is 0. The molecule has 2 saturated heterocycles. The number of hydrogen-bond donors (Lipinski definition) is 1. The van der Waals surface area contributed by atoms with Crippen molar-refractivity contribution < 1.29 is 4.79 Å². The van der Waals surface area contributed by atoms with Gasteiger partial charge in [0.2, 0.25) is 5.91 Å². The van der Waals surface area contributed by atoms with Crippen LogP contribution in [0.25, 0.3) is 0 Å². The van der Waals surface area contributed by atoms with E-state index in [1.165, 1.54) is 0 Å². The highest BCUT2D eigenvalue weighted by atomic mass is 16.2. The molecule has 2 fully saturated rings. The van der Waals surface area contributed by atoms with E-state index < -0.39 is 0 Å². The van der Waals surface area contributed by atoms with E-state index in [2.05, 4.69) is 5.01 Å². The molecule has 1 amide bonds. The van der Waals surface area contributed by atoms with Gasteiger partial charge >= 0.3 is 0 Å². The van der Waals surface area contributed by atoms with Gasteiger partial charge < -0.3 is 5.73 Å². The second kappa shape index (κ2) is 3.87. The Morgan fingerprint density at radius 1 is 1.29 bits per heavy atom. The van der Waals surface area contributed by atoms with Gasteiger partial charge in [0.15, 0.2) is 0 Å². The third-order valence-corrected chi connectivity index (χ3v) is 3.24. The molecule has 0 saturated carbocycles. The first kappa shape index (κ1) is 9.93. The highest BCUT2D eigenvalue weighted by molar-refractivity contribution is 5.78. The molecule has 0 radical (unpaired) electrons. The van der Waals surface area contributed by atoms with E-state index in [0.29, 0.717) is 0 Å². The van der Waals surface area contributed by atoms with Crippen molar-refractivity contribution in [3.05, 3.63) is 0 Å². The number of nitrogens with zero attached hydrogens (tertiary/aromatic N) is 2. The predicted octanol–water partition coefficient (Wildman–Crippen LogP) is 0.541. The van der Waals surface area contributed by atoms with Crippen molar-refractivity contribution in [1.82, 2.24) is 10.0 Å². The quantitative estimate of drug-likeness (QED) is 0.616.